The van der Waals surface area contributed by atoms with Gasteiger partial charge >= 0.3 is 0 Å². The summed E-state index contributed by atoms with van der Waals surface area (Å²) in [5, 5.41) is 12.3. The van der Waals surface area contributed by atoms with Crippen molar-refractivity contribution in [3.63, 3.8) is 0 Å². The molecular weight excluding hydrogens is 190 g/mol. The van der Waals surface area contributed by atoms with Gasteiger partial charge in [0, 0.05) is 13.7 Å². The number of aliphatic hydroxyl groups excluding tert-OH is 1. The van der Waals surface area contributed by atoms with Crippen molar-refractivity contribution in [1.29, 1.82) is 0 Å². The van der Waals surface area contributed by atoms with E-state index in [1.165, 1.54) is 11.1 Å². The zero-order chi connectivity index (χ0) is 11.1. The highest BCUT2D eigenvalue weighted by atomic mass is 16.5. The van der Waals surface area contributed by atoms with Crippen molar-refractivity contribution >= 4 is 0 Å². The predicted octanol–water partition coefficient (Wildman–Crippen LogP) is 1.09. The van der Waals surface area contributed by atoms with E-state index in [1.807, 2.05) is 6.07 Å². The van der Waals surface area contributed by atoms with Crippen LogP contribution in [-0.4, -0.2) is 31.5 Å². The molecule has 1 unspecified atom stereocenters. The normalized spacial score (nSPS) is 12.7. The Morgan fingerprint density at radius 2 is 2.27 bits per heavy atom. The van der Waals surface area contributed by atoms with Gasteiger partial charge in [0.15, 0.2) is 0 Å². The molecule has 0 heterocycles. The third-order valence-electron chi connectivity index (χ3n) is 2.27. The van der Waals surface area contributed by atoms with Crippen LogP contribution in [0.4, 0.5) is 0 Å². The Labute approximate surface area is 91.1 Å². The second-order valence-corrected chi connectivity index (χ2v) is 3.70. The van der Waals surface area contributed by atoms with Gasteiger partial charge < -0.3 is 15.2 Å². The highest BCUT2D eigenvalue weighted by molar-refractivity contribution is 5.21. The molecule has 0 aromatic heterocycles. The number of hydrogen-bond donors (Lipinski definition) is 2. The molecule has 1 atom stereocenters. The van der Waals surface area contributed by atoms with Crippen LogP contribution in [0.3, 0.4) is 0 Å². The van der Waals surface area contributed by atoms with Crippen LogP contribution in [0, 0.1) is 6.92 Å². The Hall–Kier alpha value is -0.900. The van der Waals surface area contributed by atoms with E-state index in [1.54, 1.807) is 7.11 Å². The lowest BCUT2D eigenvalue weighted by Crippen LogP contribution is -2.35. The molecule has 1 aromatic carbocycles. The zero-order valence-corrected chi connectivity index (χ0v) is 9.36. The van der Waals surface area contributed by atoms with Crippen LogP contribution in [0.2, 0.25) is 0 Å². The van der Waals surface area contributed by atoms with E-state index in [4.69, 9.17) is 9.84 Å². The van der Waals surface area contributed by atoms with Crippen LogP contribution in [0.25, 0.3) is 0 Å². The van der Waals surface area contributed by atoms with Gasteiger partial charge in [-0.15, -0.1) is 0 Å². The van der Waals surface area contributed by atoms with E-state index in [0.29, 0.717) is 6.61 Å². The van der Waals surface area contributed by atoms with Crippen molar-refractivity contribution < 1.29 is 9.84 Å². The van der Waals surface area contributed by atoms with Crippen LogP contribution >= 0.6 is 0 Å². The maximum Gasteiger partial charge on any atom is 0.0638 e. The Kier molecular flexibility index (Phi) is 5.32. The number of aryl methyl sites for hydroxylation is 1. The van der Waals surface area contributed by atoms with Crippen LogP contribution in [0.1, 0.15) is 11.1 Å². The molecule has 1 rings (SSSR count). The van der Waals surface area contributed by atoms with E-state index in [9.17, 15) is 0 Å². The minimum absolute atomic E-state index is 0.00973. The van der Waals surface area contributed by atoms with Crippen LogP contribution in [0.15, 0.2) is 24.3 Å². The highest BCUT2D eigenvalue weighted by Gasteiger charge is 2.05. The molecule has 0 radical (unpaired) electrons. The Morgan fingerprint density at radius 1 is 1.47 bits per heavy atom. The first kappa shape index (κ1) is 12.2. The number of benzene rings is 1. The summed E-state index contributed by atoms with van der Waals surface area (Å²) in [6.45, 7) is 3.46. The molecule has 0 aliphatic carbocycles. The van der Waals surface area contributed by atoms with Gasteiger partial charge in [-0.2, -0.15) is 0 Å². The fraction of sp³-hybridized carbons (Fsp3) is 0.500. The second kappa shape index (κ2) is 6.56. The van der Waals surface area contributed by atoms with Gasteiger partial charge in [-0.3, -0.25) is 0 Å². The molecule has 0 saturated heterocycles. The smallest absolute Gasteiger partial charge is 0.0638 e. The summed E-state index contributed by atoms with van der Waals surface area (Å²) in [5.74, 6) is 0. The number of aliphatic hydroxyl groups is 1. The number of ether oxygens (including phenoxy) is 1. The van der Waals surface area contributed by atoms with Crippen molar-refractivity contribution in [3.8, 4) is 0 Å². The largest absolute Gasteiger partial charge is 0.395 e. The first-order valence-electron chi connectivity index (χ1n) is 5.15. The number of hydrogen-bond acceptors (Lipinski definition) is 3. The third kappa shape index (κ3) is 4.42. The summed E-state index contributed by atoms with van der Waals surface area (Å²) in [5.41, 5.74) is 2.48. The van der Waals surface area contributed by atoms with Crippen molar-refractivity contribution in [1.82, 2.24) is 5.32 Å². The molecule has 1 aromatic rings. The lowest BCUT2D eigenvalue weighted by molar-refractivity contribution is 0.128. The molecule has 2 N–H and O–H groups in total. The molecule has 0 saturated carbocycles. The number of rotatable bonds is 6. The topological polar surface area (TPSA) is 41.5 Å². The summed E-state index contributed by atoms with van der Waals surface area (Å²) in [6, 6.07) is 8.32. The molecule has 84 valence electrons. The first-order valence-corrected chi connectivity index (χ1v) is 5.15. The van der Waals surface area contributed by atoms with Crippen molar-refractivity contribution in [2.75, 3.05) is 20.3 Å². The Balaban J connectivity index is 2.41. The molecular formula is C12H19NO2. The SMILES string of the molecule is COCC(CO)NCc1cccc(C)c1. The first-order chi connectivity index (χ1) is 7.26. The minimum atomic E-state index is 0.00973. The molecule has 0 fully saturated rings. The summed E-state index contributed by atoms with van der Waals surface area (Å²) in [6.07, 6.45) is 0. The van der Waals surface area contributed by atoms with Crippen LogP contribution in [0.5, 0.6) is 0 Å². The lowest BCUT2D eigenvalue weighted by Gasteiger charge is -2.15. The predicted molar refractivity (Wildman–Crippen MR) is 60.8 cm³/mol. The molecule has 0 aliphatic heterocycles. The Bertz CT molecular complexity index is 289. The van der Waals surface area contributed by atoms with Gasteiger partial charge in [0.05, 0.1) is 19.3 Å². The standard InChI is InChI=1S/C12H19NO2/c1-10-4-3-5-11(6-10)7-13-12(8-14)9-15-2/h3-6,12-14H,7-9H2,1-2H3. The van der Waals surface area contributed by atoms with Gasteiger partial charge in [0.1, 0.15) is 0 Å². The maximum atomic E-state index is 9.05. The highest BCUT2D eigenvalue weighted by Crippen LogP contribution is 2.03. The quantitative estimate of drug-likeness (QED) is 0.737. The van der Waals surface area contributed by atoms with Gasteiger partial charge in [0.25, 0.3) is 0 Å². The molecule has 0 amide bonds. The average molecular weight is 209 g/mol. The second-order valence-electron chi connectivity index (χ2n) is 3.70. The monoisotopic (exact) mass is 209 g/mol. The van der Waals surface area contributed by atoms with Crippen molar-refractivity contribution in [2.24, 2.45) is 0 Å². The fourth-order valence-electron chi connectivity index (χ4n) is 1.46. The fourth-order valence-corrected chi connectivity index (χ4v) is 1.46. The van der Waals surface area contributed by atoms with Crippen molar-refractivity contribution in [2.45, 2.75) is 19.5 Å². The third-order valence-corrected chi connectivity index (χ3v) is 2.27. The summed E-state index contributed by atoms with van der Waals surface area (Å²) in [7, 11) is 1.64. The van der Waals surface area contributed by atoms with Gasteiger partial charge in [-0.25, -0.2) is 0 Å². The van der Waals surface area contributed by atoms with Crippen LogP contribution < -0.4 is 5.32 Å². The number of methoxy groups -OCH3 is 1. The van der Waals surface area contributed by atoms with Crippen LogP contribution in [-0.2, 0) is 11.3 Å². The minimum Gasteiger partial charge on any atom is -0.395 e. The van der Waals surface area contributed by atoms with Gasteiger partial charge in [-0.05, 0) is 12.5 Å². The molecule has 0 spiro atoms. The lowest BCUT2D eigenvalue weighted by atomic mass is 10.1. The molecule has 0 aliphatic rings. The van der Waals surface area contributed by atoms with E-state index >= 15 is 0 Å². The summed E-state index contributed by atoms with van der Waals surface area (Å²) in [4.78, 5) is 0. The summed E-state index contributed by atoms with van der Waals surface area (Å²) < 4.78 is 4.98. The maximum absolute atomic E-state index is 9.05. The van der Waals surface area contributed by atoms with Crippen molar-refractivity contribution in [3.05, 3.63) is 35.4 Å². The van der Waals surface area contributed by atoms with E-state index in [-0.39, 0.29) is 12.6 Å². The zero-order valence-electron chi connectivity index (χ0n) is 9.36. The van der Waals surface area contributed by atoms with E-state index in [0.717, 1.165) is 6.54 Å². The molecule has 0 bridgehead atoms. The number of nitrogens with one attached hydrogen (secondary N) is 1. The molecule has 15 heavy (non-hydrogen) atoms. The van der Waals surface area contributed by atoms with Gasteiger partial charge in [0.2, 0.25) is 0 Å². The molecule has 3 heteroatoms. The Morgan fingerprint density at radius 3 is 2.87 bits per heavy atom. The van der Waals surface area contributed by atoms with E-state index < -0.39 is 0 Å². The summed E-state index contributed by atoms with van der Waals surface area (Å²) >= 11 is 0. The van der Waals surface area contributed by atoms with E-state index in [2.05, 4.69) is 30.4 Å². The van der Waals surface area contributed by atoms with Gasteiger partial charge in [-0.1, -0.05) is 29.8 Å². The average Bonchev–Trinajstić information content (AvgIpc) is 2.24. The molecule has 3 nitrogen and oxygen atoms in total.